The third-order valence-corrected chi connectivity index (χ3v) is 1.62. The van der Waals surface area contributed by atoms with Gasteiger partial charge in [-0.2, -0.15) is 0 Å². The summed E-state index contributed by atoms with van der Waals surface area (Å²) in [5.41, 5.74) is 6.18. The van der Waals surface area contributed by atoms with Crippen molar-refractivity contribution in [2.75, 3.05) is 12.8 Å². The van der Waals surface area contributed by atoms with Crippen LogP contribution in [0.3, 0.4) is 0 Å². The minimum absolute atomic E-state index is 0.404. The lowest BCUT2D eigenvalue weighted by atomic mass is 10.2. The Morgan fingerprint density at radius 3 is 1.93 bits per heavy atom. The average Bonchev–Trinajstić information content (AvgIpc) is 2.17. The van der Waals surface area contributed by atoms with E-state index in [1.54, 1.807) is 13.8 Å². The summed E-state index contributed by atoms with van der Waals surface area (Å²) >= 11 is 5.51. The first-order valence-corrected chi connectivity index (χ1v) is 4.83. The molecule has 1 rings (SSSR count). The maximum Gasteiger partial charge on any atom is 0.326 e. The number of ether oxygens (including phenoxy) is 1. The van der Waals surface area contributed by atoms with E-state index in [4.69, 9.17) is 17.3 Å². The van der Waals surface area contributed by atoms with Crippen LogP contribution in [0.1, 0.15) is 13.8 Å². The van der Waals surface area contributed by atoms with Gasteiger partial charge in [-0.1, -0.05) is 18.2 Å². The fourth-order valence-corrected chi connectivity index (χ4v) is 0.773. The van der Waals surface area contributed by atoms with Crippen molar-refractivity contribution in [3.63, 3.8) is 0 Å². The van der Waals surface area contributed by atoms with E-state index in [0.717, 1.165) is 5.69 Å². The summed E-state index contributed by atoms with van der Waals surface area (Å²) in [5.74, 6) is -0.404. The number of benzene rings is 1. The highest BCUT2D eigenvalue weighted by atomic mass is 35.5. The van der Waals surface area contributed by atoms with Crippen molar-refractivity contribution in [3.05, 3.63) is 30.3 Å². The van der Waals surface area contributed by atoms with Crippen molar-refractivity contribution in [1.82, 2.24) is 0 Å². The molecule has 0 unspecified atom stereocenters. The highest BCUT2D eigenvalue weighted by Gasteiger charge is 2.24. The fourth-order valence-electron chi connectivity index (χ4n) is 0.696. The Bertz CT molecular complexity index is 293. The van der Waals surface area contributed by atoms with Crippen molar-refractivity contribution in [1.29, 1.82) is 0 Å². The highest BCUT2D eigenvalue weighted by molar-refractivity contribution is 6.33. The van der Waals surface area contributed by atoms with Gasteiger partial charge in [0.15, 0.2) is 0 Å². The molecule has 3 nitrogen and oxygen atoms in total. The summed E-state index contributed by atoms with van der Waals surface area (Å²) < 4.78 is 4.34. The molecule has 0 aliphatic carbocycles. The molecule has 0 radical (unpaired) electrons. The number of rotatable bonds is 1. The van der Waals surface area contributed by atoms with E-state index in [1.807, 2.05) is 30.3 Å². The standard InChI is InChI=1S/C6H7N.C5H9ClO2/c7-6-4-2-1-3-5-6;1-5(2,6)4(7)8-3/h1-5H,7H2;1-3H3. The van der Waals surface area contributed by atoms with Gasteiger partial charge in [-0.15, -0.1) is 11.6 Å². The first-order valence-electron chi connectivity index (χ1n) is 4.45. The monoisotopic (exact) mass is 229 g/mol. The number of carbonyl (C=O) groups is 1. The summed E-state index contributed by atoms with van der Waals surface area (Å²) in [7, 11) is 1.31. The number of nitrogens with two attached hydrogens (primary N) is 1. The minimum atomic E-state index is -0.880. The van der Waals surface area contributed by atoms with Crippen LogP contribution in [-0.4, -0.2) is 18.0 Å². The molecule has 1 aromatic rings. The summed E-state index contributed by atoms with van der Waals surface area (Å²) in [6, 6.07) is 9.49. The Labute approximate surface area is 95.2 Å². The first kappa shape index (κ1) is 13.8. The van der Waals surface area contributed by atoms with Crippen LogP contribution in [0, 0.1) is 0 Å². The molecule has 0 saturated heterocycles. The molecule has 0 bridgehead atoms. The molecule has 84 valence electrons. The second-order valence-corrected chi connectivity index (χ2v) is 4.32. The van der Waals surface area contributed by atoms with Crippen LogP contribution in [0.15, 0.2) is 30.3 Å². The third-order valence-electron chi connectivity index (χ3n) is 1.47. The second kappa shape index (κ2) is 6.30. The zero-order valence-corrected chi connectivity index (χ0v) is 9.91. The van der Waals surface area contributed by atoms with E-state index in [0.29, 0.717) is 0 Å². The zero-order chi connectivity index (χ0) is 11.9. The van der Waals surface area contributed by atoms with Crippen molar-refractivity contribution < 1.29 is 9.53 Å². The van der Waals surface area contributed by atoms with Crippen LogP contribution in [0.5, 0.6) is 0 Å². The third kappa shape index (κ3) is 6.80. The number of alkyl halides is 1. The molecule has 15 heavy (non-hydrogen) atoms. The Hall–Kier alpha value is -1.22. The van der Waals surface area contributed by atoms with Crippen LogP contribution in [0.4, 0.5) is 5.69 Å². The zero-order valence-electron chi connectivity index (χ0n) is 9.16. The minimum Gasteiger partial charge on any atom is -0.468 e. The molecule has 4 heteroatoms. The average molecular weight is 230 g/mol. The van der Waals surface area contributed by atoms with Crippen LogP contribution in [0.2, 0.25) is 0 Å². The molecule has 0 spiro atoms. The number of hydrogen-bond acceptors (Lipinski definition) is 3. The molecular weight excluding hydrogens is 214 g/mol. The largest absolute Gasteiger partial charge is 0.468 e. The summed E-state index contributed by atoms with van der Waals surface area (Å²) in [6.07, 6.45) is 0. The Morgan fingerprint density at radius 1 is 1.33 bits per heavy atom. The number of para-hydroxylation sites is 1. The number of anilines is 1. The van der Waals surface area contributed by atoms with E-state index in [1.165, 1.54) is 7.11 Å². The number of hydrogen-bond donors (Lipinski definition) is 1. The molecule has 0 aliphatic rings. The molecule has 0 saturated carbocycles. The predicted octanol–water partition coefficient (Wildman–Crippen LogP) is 2.45. The van der Waals surface area contributed by atoms with Gasteiger partial charge in [0.05, 0.1) is 7.11 Å². The highest BCUT2D eigenvalue weighted by Crippen LogP contribution is 2.13. The van der Waals surface area contributed by atoms with Gasteiger partial charge in [0.2, 0.25) is 0 Å². The van der Waals surface area contributed by atoms with Crippen molar-refractivity contribution in [2.45, 2.75) is 18.7 Å². The molecule has 0 atom stereocenters. The Kier molecular flexibility index (Phi) is 5.79. The second-order valence-electron chi connectivity index (χ2n) is 3.37. The van der Waals surface area contributed by atoms with E-state index in [2.05, 4.69) is 4.74 Å². The Morgan fingerprint density at radius 2 is 1.80 bits per heavy atom. The number of carbonyl (C=O) groups excluding carboxylic acids is 1. The molecule has 0 aromatic heterocycles. The van der Waals surface area contributed by atoms with Gasteiger partial charge in [0.1, 0.15) is 4.87 Å². The van der Waals surface area contributed by atoms with Gasteiger partial charge in [-0.3, -0.25) is 4.79 Å². The summed E-state index contributed by atoms with van der Waals surface area (Å²) in [5, 5.41) is 0. The van der Waals surface area contributed by atoms with Gasteiger partial charge in [0.25, 0.3) is 0 Å². The molecule has 0 fully saturated rings. The molecule has 1 aromatic carbocycles. The summed E-state index contributed by atoms with van der Waals surface area (Å²) in [4.78, 5) is 9.60. The van der Waals surface area contributed by atoms with Gasteiger partial charge >= 0.3 is 5.97 Å². The smallest absolute Gasteiger partial charge is 0.326 e. The van der Waals surface area contributed by atoms with E-state index in [-0.39, 0.29) is 0 Å². The number of halogens is 1. The van der Waals surface area contributed by atoms with Crippen molar-refractivity contribution in [3.8, 4) is 0 Å². The SMILES string of the molecule is COC(=O)C(C)(C)Cl.Nc1ccccc1. The normalized spacial score (nSPS) is 9.87. The quantitative estimate of drug-likeness (QED) is 0.457. The van der Waals surface area contributed by atoms with Crippen LogP contribution >= 0.6 is 11.6 Å². The maximum atomic E-state index is 10.5. The lowest BCUT2D eigenvalue weighted by Crippen LogP contribution is -2.25. The molecule has 0 heterocycles. The molecule has 0 amide bonds. The van der Waals surface area contributed by atoms with Gasteiger partial charge < -0.3 is 10.5 Å². The Balaban J connectivity index is 0.000000262. The number of methoxy groups -OCH3 is 1. The van der Waals surface area contributed by atoms with Crippen LogP contribution in [0.25, 0.3) is 0 Å². The predicted molar refractivity (Wildman–Crippen MR) is 62.8 cm³/mol. The molecule has 2 N–H and O–H groups in total. The van der Waals surface area contributed by atoms with Gasteiger partial charge in [0, 0.05) is 5.69 Å². The number of nitrogen functional groups attached to an aromatic ring is 1. The lowest BCUT2D eigenvalue weighted by Gasteiger charge is -2.10. The topological polar surface area (TPSA) is 52.3 Å². The summed E-state index contributed by atoms with van der Waals surface area (Å²) in [6.45, 7) is 3.17. The van der Waals surface area contributed by atoms with Gasteiger partial charge in [-0.25, -0.2) is 0 Å². The van der Waals surface area contributed by atoms with E-state index >= 15 is 0 Å². The lowest BCUT2D eigenvalue weighted by molar-refractivity contribution is -0.142. The number of esters is 1. The van der Waals surface area contributed by atoms with E-state index in [9.17, 15) is 4.79 Å². The van der Waals surface area contributed by atoms with Gasteiger partial charge in [-0.05, 0) is 26.0 Å². The van der Waals surface area contributed by atoms with Crippen molar-refractivity contribution >= 4 is 23.3 Å². The maximum absolute atomic E-state index is 10.5. The van der Waals surface area contributed by atoms with Crippen molar-refractivity contribution in [2.24, 2.45) is 0 Å². The first-order chi connectivity index (χ1) is 6.88. The molecule has 0 aliphatic heterocycles. The van der Waals surface area contributed by atoms with Crippen LogP contribution < -0.4 is 5.73 Å². The fraction of sp³-hybridized carbons (Fsp3) is 0.364. The molecular formula is C11H16ClNO2. The van der Waals surface area contributed by atoms with Crippen LogP contribution in [-0.2, 0) is 9.53 Å². The van der Waals surface area contributed by atoms with E-state index < -0.39 is 10.8 Å².